The maximum atomic E-state index is 12.5. The van der Waals surface area contributed by atoms with E-state index in [1.54, 1.807) is 12.1 Å². The van der Waals surface area contributed by atoms with Crippen LogP contribution in [0.2, 0.25) is 0 Å². The van der Waals surface area contributed by atoms with Gasteiger partial charge in [-0.15, -0.1) is 0 Å². The number of anilines is 2. The van der Waals surface area contributed by atoms with Gasteiger partial charge in [-0.05, 0) is 32.0 Å². The average molecular weight is 387 g/mol. The van der Waals surface area contributed by atoms with E-state index in [1.807, 2.05) is 19.1 Å². The van der Waals surface area contributed by atoms with Crippen molar-refractivity contribution in [2.75, 3.05) is 23.8 Å². The molecule has 0 saturated heterocycles. The molecule has 2 aromatic rings. The fraction of sp³-hybridized carbons (Fsp3) is 0.263. The number of ether oxygens (including phenoxy) is 1. The molecule has 0 saturated carbocycles. The number of hydrogen-bond donors (Lipinski definition) is 3. The molecule has 0 aliphatic heterocycles. The Hall–Kier alpha value is -3.46. The number of nitro groups is 1. The van der Waals surface area contributed by atoms with Gasteiger partial charge in [0.25, 0.3) is 11.6 Å². The fourth-order valence-electron chi connectivity index (χ4n) is 2.32. The van der Waals surface area contributed by atoms with E-state index in [-0.39, 0.29) is 30.1 Å². The fourth-order valence-corrected chi connectivity index (χ4v) is 2.32. The van der Waals surface area contributed by atoms with Gasteiger partial charge in [0.1, 0.15) is 0 Å². The molecule has 2 rings (SSSR count). The second-order valence-electron chi connectivity index (χ2n) is 6.04. The highest BCUT2D eigenvalue weighted by atomic mass is 16.6. The molecule has 0 fully saturated rings. The van der Waals surface area contributed by atoms with Crippen LogP contribution in [0.4, 0.5) is 17.1 Å². The molecule has 9 nitrogen and oxygen atoms in total. The van der Waals surface area contributed by atoms with Gasteiger partial charge < -0.3 is 20.5 Å². The van der Waals surface area contributed by atoms with Gasteiger partial charge in [-0.1, -0.05) is 17.7 Å². The van der Waals surface area contributed by atoms with Crippen LogP contribution >= 0.6 is 0 Å². The molecule has 1 atom stereocenters. The number of nitro benzene ring substituents is 1. The minimum Gasteiger partial charge on any atom is -0.449 e. The third-order valence-corrected chi connectivity index (χ3v) is 3.83. The van der Waals surface area contributed by atoms with Crippen molar-refractivity contribution in [3.05, 3.63) is 63.7 Å². The van der Waals surface area contributed by atoms with Gasteiger partial charge in [0.2, 0.25) is 0 Å². The lowest BCUT2D eigenvalue weighted by molar-refractivity contribution is -0.384. The molecule has 148 valence electrons. The maximum Gasteiger partial charge on any atom is 0.341 e. The number of aliphatic hydroxyl groups excluding tert-OH is 1. The first-order valence-corrected chi connectivity index (χ1v) is 8.53. The molecule has 0 bridgehead atoms. The summed E-state index contributed by atoms with van der Waals surface area (Å²) in [5, 5.41) is 25.3. The molecule has 0 aliphatic rings. The Morgan fingerprint density at radius 1 is 1.21 bits per heavy atom. The van der Waals surface area contributed by atoms with Gasteiger partial charge in [-0.3, -0.25) is 14.9 Å². The van der Waals surface area contributed by atoms with Gasteiger partial charge in [0.15, 0.2) is 6.10 Å². The zero-order valence-electron chi connectivity index (χ0n) is 15.5. The first kappa shape index (κ1) is 20.8. The molecule has 0 aromatic heterocycles. The number of carbonyl (C=O) groups is 2. The quantitative estimate of drug-likeness (QED) is 0.360. The number of hydrogen-bond acceptors (Lipinski definition) is 7. The van der Waals surface area contributed by atoms with E-state index in [2.05, 4.69) is 10.6 Å². The summed E-state index contributed by atoms with van der Waals surface area (Å²) in [4.78, 5) is 35.1. The first-order valence-electron chi connectivity index (χ1n) is 8.53. The highest BCUT2D eigenvalue weighted by Crippen LogP contribution is 2.23. The second kappa shape index (κ2) is 9.47. The standard InChI is InChI=1S/C19H21N3O6/c1-12-3-5-14(6-4-12)21-18(24)13(2)28-19(25)16-11-15(22(26)27)7-8-17(16)20-9-10-23/h3-8,11,13,20,23H,9-10H2,1-2H3,(H,21,24)/t13-/m0/s1. The van der Waals surface area contributed by atoms with Gasteiger partial charge in [0.05, 0.1) is 17.1 Å². The largest absolute Gasteiger partial charge is 0.449 e. The van der Waals surface area contributed by atoms with Crippen molar-refractivity contribution in [2.45, 2.75) is 20.0 Å². The number of aliphatic hydroxyl groups is 1. The van der Waals surface area contributed by atoms with E-state index < -0.39 is 22.9 Å². The lowest BCUT2D eigenvalue weighted by atomic mass is 10.1. The van der Waals surface area contributed by atoms with Crippen molar-refractivity contribution >= 4 is 28.9 Å². The molecule has 0 spiro atoms. The Labute approximate surface area is 161 Å². The summed E-state index contributed by atoms with van der Waals surface area (Å²) in [6, 6.07) is 10.7. The highest BCUT2D eigenvalue weighted by Gasteiger charge is 2.23. The van der Waals surface area contributed by atoms with E-state index in [1.165, 1.54) is 19.1 Å². The van der Waals surface area contributed by atoms with E-state index in [0.717, 1.165) is 11.6 Å². The van der Waals surface area contributed by atoms with Crippen LogP contribution in [0.5, 0.6) is 0 Å². The van der Waals surface area contributed by atoms with E-state index >= 15 is 0 Å². The Balaban J connectivity index is 2.13. The van der Waals surface area contributed by atoms with Crippen molar-refractivity contribution in [1.82, 2.24) is 0 Å². The maximum absolute atomic E-state index is 12.5. The number of non-ortho nitro benzene ring substituents is 1. The van der Waals surface area contributed by atoms with Gasteiger partial charge in [-0.2, -0.15) is 0 Å². The van der Waals surface area contributed by atoms with Crippen LogP contribution in [0, 0.1) is 17.0 Å². The Bertz CT molecular complexity index is 866. The molecular formula is C19H21N3O6. The molecule has 3 N–H and O–H groups in total. The lowest BCUT2D eigenvalue weighted by Gasteiger charge is -2.15. The van der Waals surface area contributed by atoms with E-state index in [9.17, 15) is 19.7 Å². The number of nitrogens with one attached hydrogen (secondary N) is 2. The molecule has 9 heteroatoms. The molecule has 1 amide bonds. The Morgan fingerprint density at radius 2 is 1.89 bits per heavy atom. The minimum atomic E-state index is -1.13. The van der Waals surface area contributed by atoms with Crippen LogP contribution in [0.15, 0.2) is 42.5 Å². The number of rotatable bonds is 8. The number of esters is 1. The Kier molecular flexibility index (Phi) is 7.05. The predicted molar refractivity (Wildman–Crippen MR) is 103 cm³/mol. The van der Waals surface area contributed by atoms with Crippen LogP contribution < -0.4 is 10.6 Å². The monoisotopic (exact) mass is 387 g/mol. The van der Waals surface area contributed by atoms with Crippen LogP contribution in [0.3, 0.4) is 0 Å². The number of nitrogens with zero attached hydrogens (tertiary/aromatic N) is 1. The predicted octanol–water partition coefficient (Wildman–Crippen LogP) is 2.49. The smallest absolute Gasteiger partial charge is 0.341 e. The molecule has 28 heavy (non-hydrogen) atoms. The number of carbonyl (C=O) groups excluding carboxylic acids is 2. The summed E-state index contributed by atoms with van der Waals surface area (Å²) in [5.41, 5.74) is 1.46. The van der Waals surface area contributed by atoms with Crippen molar-refractivity contribution in [1.29, 1.82) is 0 Å². The molecule has 0 heterocycles. The van der Waals surface area contributed by atoms with Gasteiger partial charge in [-0.25, -0.2) is 4.79 Å². The van der Waals surface area contributed by atoms with E-state index in [0.29, 0.717) is 5.69 Å². The summed E-state index contributed by atoms with van der Waals surface area (Å²) in [7, 11) is 0. The SMILES string of the molecule is Cc1ccc(NC(=O)[C@H](C)OC(=O)c2cc([N+](=O)[O-])ccc2NCCO)cc1. The molecule has 2 aromatic carbocycles. The van der Waals surface area contributed by atoms with Crippen molar-refractivity contribution < 1.29 is 24.4 Å². The van der Waals surface area contributed by atoms with Crippen molar-refractivity contribution in [3.63, 3.8) is 0 Å². The third kappa shape index (κ3) is 5.52. The first-order chi connectivity index (χ1) is 13.3. The highest BCUT2D eigenvalue weighted by molar-refractivity contribution is 6.00. The Morgan fingerprint density at radius 3 is 2.50 bits per heavy atom. The molecule has 0 aliphatic carbocycles. The van der Waals surface area contributed by atoms with Crippen LogP contribution in [-0.4, -0.2) is 41.2 Å². The summed E-state index contributed by atoms with van der Waals surface area (Å²) in [5.74, 6) is -1.43. The summed E-state index contributed by atoms with van der Waals surface area (Å²) in [6.45, 7) is 3.26. The second-order valence-corrected chi connectivity index (χ2v) is 6.04. The van der Waals surface area contributed by atoms with Gasteiger partial charge >= 0.3 is 5.97 Å². The third-order valence-electron chi connectivity index (χ3n) is 3.83. The van der Waals surface area contributed by atoms with Crippen molar-refractivity contribution in [2.24, 2.45) is 0 Å². The lowest BCUT2D eigenvalue weighted by Crippen LogP contribution is -2.30. The number of benzene rings is 2. The zero-order valence-corrected chi connectivity index (χ0v) is 15.5. The normalized spacial score (nSPS) is 11.4. The summed E-state index contributed by atoms with van der Waals surface area (Å²) >= 11 is 0. The molecule has 0 radical (unpaired) electrons. The van der Waals surface area contributed by atoms with Crippen LogP contribution in [-0.2, 0) is 9.53 Å². The topological polar surface area (TPSA) is 131 Å². The van der Waals surface area contributed by atoms with E-state index in [4.69, 9.17) is 9.84 Å². The van der Waals surface area contributed by atoms with Gasteiger partial charge in [0, 0.05) is 30.1 Å². The minimum absolute atomic E-state index is 0.0994. The van der Waals surface area contributed by atoms with Crippen molar-refractivity contribution in [3.8, 4) is 0 Å². The zero-order chi connectivity index (χ0) is 20.7. The van der Waals surface area contributed by atoms with Crippen LogP contribution in [0.1, 0.15) is 22.8 Å². The summed E-state index contributed by atoms with van der Waals surface area (Å²) < 4.78 is 5.17. The number of aryl methyl sites for hydroxylation is 1. The number of amides is 1. The average Bonchev–Trinajstić information content (AvgIpc) is 2.67. The summed E-state index contributed by atoms with van der Waals surface area (Å²) in [6.07, 6.45) is -1.13. The van der Waals surface area contributed by atoms with Crippen LogP contribution in [0.25, 0.3) is 0 Å². The molecule has 0 unspecified atom stereocenters. The molecular weight excluding hydrogens is 366 g/mol.